The van der Waals surface area contributed by atoms with E-state index in [4.69, 9.17) is 11.6 Å². The summed E-state index contributed by atoms with van der Waals surface area (Å²) in [5.41, 5.74) is 0.143. The molecule has 0 aromatic rings. The van der Waals surface area contributed by atoms with Crippen LogP contribution in [0.1, 0.15) is 33.1 Å². The van der Waals surface area contributed by atoms with Gasteiger partial charge in [0.25, 0.3) is 0 Å². The molecule has 1 aliphatic rings. The van der Waals surface area contributed by atoms with Crippen LogP contribution in [0, 0.1) is 5.41 Å². The quantitative estimate of drug-likeness (QED) is 0.672. The predicted molar refractivity (Wildman–Crippen MR) is 55.9 cm³/mol. The third-order valence-corrected chi connectivity index (χ3v) is 5.26. The molecule has 0 radical (unpaired) electrons. The smallest absolute Gasteiger partial charge is 0.150 e. The van der Waals surface area contributed by atoms with E-state index in [0.717, 1.165) is 19.3 Å². The molecular formula is C9H17ClO2S. The van der Waals surface area contributed by atoms with E-state index in [9.17, 15) is 8.42 Å². The molecule has 0 aromatic carbocycles. The van der Waals surface area contributed by atoms with Crippen molar-refractivity contribution < 1.29 is 8.42 Å². The number of halogens is 1. The molecule has 1 atom stereocenters. The van der Waals surface area contributed by atoms with Crippen molar-refractivity contribution >= 4 is 21.4 Å². The zero-order chi connectivity index (χ0) is 10.1. The summed E-state index contributed by atoms with van der Waals surface area (Å²) in [4.78, 5) is 0. The normalized spacial score (nSPS) is 22.7. The van der Waals surface area contributed by atoms with E-state index in [1.807, 2.05) is 6.92 Å². The van der Waals surface area contributed by atoms with Crippen LogP contribution in [0.15, 0.2) is 0 Å². The van der Waals surface area contributed by atoms with Crippen LogP contribution in [0.2, 0.25) is 0 Å². The van der Waals surface area contributed by atoms with Crippen LogP contribution in [0.4, 0.5) is 0 Å². The van der Waals surface area contributed by atoms with Crippen LogP contribution in [0.3, 0.4) is 0 Å². The van der Waals surface area contributed by atoms with Crippen LogP contribution < -0.4 is 0 Å². The molecule has 0 N–H and O–H groups in total. The SMILES string of the molecule is CCS(=O)(=O)CCC1(C(C)Cl)CC1. The number of sulfone groups is 1. The van der Waals surface area contributed by atoms with E-state index in [2.05, 4.69) is 0 Å². The predicted octanol–water partition coefficient (Wildman–Crippen LogP) is 2.22. The average molecular weight is 225 g/mol. The van der Waals surface area contributed by atoms with Crippen LogP contribution in [0.25, 0.3) is 0 Å². The second-order valence-corrected chi connectivity index (χ2v) is 7.09. The molecule has 0 heterocycles. The maximum atomic E-state index is 11.3. The van der Waals surface area contributed by atoms with Crippen molar-refractivity contribution in [1.82, 2.24) is 0 Å². The van der Waals surface area contributed by atoms with E-state index < -0.39 is 9.84 Å². The van der Waals surface area contributed by atoms with Gasteiger partial charge in [-0.1, -0.05) is 6.92 Å². The van der Waals surface area contributed by atoms with Crippen molar-refractivity contribution in [3.63, 3.8) is 0 Å². The molecule has 1 aliphatic carbocycles. The van der Waals surface area contributed by atoms with Crippen LogP contribution in [-0.4, -0.2) is 25.3 Å². The second-order valence-electron chi connectivity index (χ2n) is 3.96. The minimum Gasteiger partial charge on any atom is -0.229 e. The van der Waals surface area contributed by atoms with Gasteiger partial charge in [0.1, 0.15) is 9.84 Å². The van der Waals surface area contributed by atoms with Crippen molar-refractivity contribution in [3.05, 3.63) is 0 Å². The van der Waals surface area contributed by atoms with Crippen LogP contribution >= 0.6 is 11.6 Å². The maximum absolute atomic E-state index is 11.3. The number of rotatable bonds is 5. The fourth-order valence-electron chi connectivity index (χ4n) is 1.51. The zero-order valence-corrected chi connectivity index (χ0v) is 9.79. The third kappa shape index (κ3) is 2.84. The van der Waals surface area contributed by atoms with Gasteiger partial charge in [-0.2, -0.15) is 0 Å². The molecule has 2 nitrogen and oxygen atoms in total. The Morgan fingerprint density at radius 3 is 2.31 bits per heavy atom. The lowest BCUT2D eigenvalue weighted by molar-refractivity contribution is 0.477. The van der Waals surface area contributed by atoms with Gasteiger partial charge in [-0.25, -0.2) is 8.42 Å². The minimum atomic E-state index is -2.80. The van der Waals surface area contributed by atoms with Gasteiger partial charge in [-0.3, -0.25) is 0 Å². The van der Waals surface area contributed by atoms with Crippen molar-refractivity contribution in [3.8, 4) is 0 Å². The number of hydrogen-bond acceptors (Lipinski definition) is 2. The van der Waals surface area contributed by atoms with E-state index in [1.165, 1.54) is 0 Å². The second kappa shape index (κ2) is 3.77. The molecule has 13 heavy (non-hydrogen) atoms. The molecule has 0 bridgehead atoms. The lowest BCUT2D eigenvalue weighted by atomic mass is 10.0. The first-order valence-corrected chi connectivity index (χ1v) is 7.02. The largest absolute Gasteiger partial charge is 0.229 e. The molecule has 1 saturated carbocycles. The van der Waals surface area contributed by atoms with Gasteiger partial charge >= 0.3 is 0 Å². The van der Waals surface area contributed by atoms with Gasteiger partial charge in [-0.15, -0.1) is 11.6 Å². The van der Waals surface area contributed by atoms with Crippen molar-refractivity contribution in [2.24, 2.45) is 5.41 Å². The Hall–Kier alpha value is 0.240. The molecule has 1 unspecified atom stereocenters. The van der Waals surface area contributed by atoms with Gasteiger partial charge in [0.15, 0.2) is 0 Å². The Labute approximate surface area is 85.6 Å². The van der Waals surface area contributed by atoms with Crippen LogP contribution in [0.5, 0.6) is 0 Å². The van der Waals surface area contributed by atoms with Crippen LogP contribution in [-0.2, 0) is 9.84 Å². The average Bonchev–Trinajstić information content (AvgIpc) is 2.82. The van der Waals surface area contributed by atoms with Crippen molar-refractivity contribution in [2.75, 3.05) is 11.5 Å². The Kier molecular flexibility index (Phi) is 3.29. The Morgan fingerprint density at radius 1 is 1.46 bits per heavy atom. The first-order valence-electron chi connectivity index (χ1n) is 4.76. The summed E-state index contributed by atoms with van der Waals surface area (Å²) >= 11 is 6.01. The molecule has 0 spiro atoms. The van der Waals surface area contributed by atoms with E-state index in [-0.39, 0.29) is 16.5 Å². The summed E-state index contributed by atoms with van der Waals surface area (Å²) in [6, 6.07) is 0. The summed E-state index contributed by atoms with van der Waals surface area (Å²) in [6.45, 7) is 3.66. The van der Waals surface area contributed by atoms with E-state index in [0.29, 0.717) is 5.75 Å². The molecule has 0 aromatic heterocycles. The molecule has 1 fully saturated rings. The highest BCUT2D eigenvalue weighted by Gasteiger charge is 2.46. The summed E-state index contributed by atoms with van der Waals surface area (Å²) in [5, 5.41) is 0.111. The molecule has 0 aliphatic heterocycles. The van der Waals surface area contributed by atoms with Gasteiger partial charge in [0, 0.05) is 11.1 Å². The number of alkyl halides is 1. The fraction of sp³-hybridized carbons (Fsp3) is 1.00. The molecule has 0 saturated heterocycles. The molecule has 1 rings (SSSR count). The lowest BCUT2D eigenvalue weighted by Crippen LogP contribution is -2.19. The summed E-state index contributed by atoms with van der Waals surface area (Å²) < 4.78 is 22.5. The highest BCUT2D eigenvalue weighted by Crippen LogP contribution is 2.53. The Morgan fingerprint density at radius 2 is 2.00 bits per heavy atom. The van der Waals surface area contributed by atoms with Crippen molar-refractivity contribution in [2.45, 2.75) is 38.5 Å². The standard InChI is InChI=1S/C9H17ClO2S/c1-3-13(11,12)7-6-9(4-5-9)8(2)10/h8H,3-7H2,1-2H3. The Bertz CT molecular complexity index is 265. The van der Waals surface area contributed by atoms with E-state index >= 15 is 0 Å². The van der Waals surface area contributed by atoms with Gasteiger partial charge < -0.3 is 0 Å². The zero-order valence-electron chi connectivity index (χ0n) is 8.22. The van der Waals surface area contributed by atoms with E-state index in [1.54, 1.807) is 6.92 Å². The first-order chi connectivity index (χ1) is 5.92. The topological polar surface area (TPSA) is 34.1 Å². The highest BCUT2D eigenvalue weighted by molar-refractivity contribution is 7.91. The maximum Gasteiger partial charge on any atom is 0.150 e. The van der Waals surface area contributed by atoms with Gasteiger partial charge in [-0.05, 0) is 31.6 Å². The highest BCUT2D eigenvalue weighted by atomic mass is 35.5. The molecule has 78 valence electrons. The minimum absolute atomic E-state index is 0.111. The lowest BCUT2D eigenvalue weighted by Gasteiger charge is -2.16. The molecule has 4 heteroatoms. The summed E-state index contributed by atoms with van der Waals surface area (Å²) in [6.07, 6.45) is 2.93. The Balaban J connectivity index is 2.44. The third-order valence-electron chi connectivity index (χ3n) is 3.09. The monoisotopic (exact) mass is 224 g/mol. The fourth-order valence-corrected chi connectivity index (χ4v) is 2.84. The molecular weight excluding hydrogens is 208 g/mol. The van der Waals surface area contributed by atoms with Gasteiger partial charge in [0.2, 0.25) is 0 Å². The summed E-state index contributed by atoms with van der Waals surface area (Å²) in [5.74, 6) is 0.556. The summed E-state index contributed by atoms with van der Waals surface area (Å²) in [7, 11) is -2.80. The first kappa shape index (κ1) is 11.3. The molecule has 0 amide bonds. The van der Waals surface area contributed by atoms with Crippen molar-refractivity contribution in [1.29, 1.82) is 0 Å². The number of hydrogen-bond donors (Lipinski definition) is 0. The van der Waals surface area contributed by atoms with Gasteiger partial charge in [0.05, 0.1) is 5.75 Å².